The SMILES string of the molecule is O=C(NCc1cccc(C(=O)O)c1)OCc1ccccc1. The average Bonchev–Trinajstić information content (AvgIpc) is 2.52. The minimum absolute atomic E-state index is 0.187. The van der Waals surface area contributed by atoms with Crippen molar-refractivity contribution in [2.45, 2.75) is 13.2 Å². The van der Waals surface area contributed by atoms with Crippen LogP contribution in [-0.4, -0.2) is 17.2 Å². The number of aromatic carboxylic acids is 1. The number of carboxylic acid groups (broad SMARTS) is 1. The maximum Gasteiger partial charge on any atom is 0.407 e. The minimum Gasteiger partial charge on any atom is -0.478 e. The minimum atomic E-state index is -0.997. The zero-order chi connectivity index (χ0) is 15.1. The summed E-state index contributed by atoms with van der Waals surface area (Å²) in [6.07, 6.45) is -0.542. The summed E-state index contributed by atoms with van der Waals surface area (Å²) >= 11 is 0. The number of hydrogen-bond donors (Lipinski definition) is 2. The van der Waals surface area contributed by atoms with Gasteiger partial charge in [-0.25, -0.2) is 9.59 Å². The number of amides is 1. The van der Waals surface area contributed by atoms with Gasteiger partial charge in [0, 0.05) is 6.54 Å². The molecule has 2 rings (SSSR count). The molecular weight excluding hydrogens is 270 g/mol. The third-order valence-electron chi connectivity index (χ3n) is 2.82. The van der Waals surface area contributed by atoms with E-state index < -0.39 is 12.1 Å². The van der Waals surface area contributed by atoms with Crippen LogP contribution in [0.15, 0.2) is 54.6 Å². The molecule has 0 radical (unpaired) electrons. The molecule has 0 unspecified atom stereocenters. The van der Waals surface area contributed by atoms with Gasteiger partial charge in [-0.3, -0.25) is 0 Å². The molecule has 0 aliphatic rings. The smallest absolute Gasteiger partial charge is 0.407 e. The van der Waals surface area contributed by atoms with Crippen LogP contribution in [0.3, 0.4) is 0 Å². The van der Waals surface area contributed by atoms with Crippen LogP contribution in [0.2, 0.25) is 0 Å². The maximum absolute atomic E-state index is 11.6. The van der Waals surface area contributed by atoms with E-state index in [1.165, 1.54) is 12.1 Å². The van der Waals surface area contributed by atoms with Gasteiger partial charge in [-0.05, 0) is 23.3 Å². The molecule has 2 N–H and O–H groups in total. The van der Waals surface area contributed by atoms with Gasteiger partial charge in [-0.15, -0.1) is 0 Å². The zero-order valence-electron chi connectivity index (χ0n) is 11.3. The zero-order valence-corrected chi connectivity index (χ0v) is 11.3. The van der Waals surface area contributed by atoms with Crippen LogP contribution in [0.5, 0.6) is 0 Å². The average molecular weight is 285 g/mol. The Morgan fingerprint density at radius 2 is 1.71 bits per heavy atom. The summed E-state index contributed by atoms with van der Waals surface area (Å²) in [6, 6.07) is 15.7. The Morgan fingerprint density at radius 1 is 1.00 bits per heavy atom. The van der Waals surface area contributed by atoms with Crippen molar-refractivity contribution >= 4 is 12.1 Å². The second-order valence-corrected chi connectivity index (χ2v) is 4.42. The largest absolute Gasteiger partial charge is 0.478 e. The van der Waals surface area contributed by atoms with Gasteiger partial charge < -0.3 is 15.2 Å². The molecule has 5 nitrogen and oxygen atoms in total. The molecule has 0 aliphatic carbocycles. The molecule has 0 saturated carbocycles. The topological polar surface area (TPSA) is 75.6 Å². The lowest BCUT2D eigenvalue weighted by molar-refractivity contribution is 0.0696. The number of alkyl carbamates (subject to hydrolysis) is 1. The van der Waals surface area contributed by atoms with Crippen LogP contribution >= 0.6 is 0 Å². The van der Waals surface area contributed by atoms with Crippen LogP contribution in [0.1, 0.15) is 21.5 Å². The molecule has 2 aromatic rings. The summed E-state index contributed by atoms with van der Waals surface area (Å²) in [5.41, 5.74) is 1.79. The first-order valence-corrected chi connectivity index (χ1v) is 6.42. The molecule has 21 heavy (non-hydrogen) atoms. The van der Waals surface area contributed by atoms with E-state index in [-0.39, 0.29) is 18.7 Å². The Bertz CT molecular complexity index is 625. The Kier molecular flexibility index (Phi) is 4.93. The highest BCUT2D eigenvalue weighted by Crippen LogP contribution is 2.05. The second kappa shape index (κ2) is 7.09. The predicted octanol–water partition coefficient (Wildman–Crippen LogP) is 2.81. The van der Waals surface area contributed by atoms with Gasteiger partial charge in [0.15, 0.2) is 0 Å². The van der Waals surface area contributed by atoms with Gasteiger partial charge in [-0.1, -0.05) is 42.5 Å². The lowest BCUT2D eigenvalue weighted by Gasteiger charge is -2.07. The lowest BCUT2D eigenvalue weighted by Crippen LogP contribution is -2.23. The molecule has 0 heterocycles. The normalized spacial score (nSPS) is 9.90. The summed E-state index contributed by atoms with van der Waals surface area (Å²) in [4.78, 5) is 22.4. The quantitative estimate of drug-likeness (QED) is 0.885. The molecule has 0 bridgehead atoms. The van der Waals surface area contributed by atoms with Gasteiger partial charge in [-0.2, -0.15) is 0 Å². The van der Waals surface area contributed by atoms with E-state index in [0.29, 0.717) is 5.56 Å². The van der Waals surface area contributed by atoms with E-state index in [9.17, 15) is 9.59 Å². The lowest BCUT2D eigenvalue weighted by atomic mass is 10.1. The van der Waals surface area contributed by atoms with E-state index in [4.69, 9.17) is 9.84 Å². The molecule has 108 valence electrons. The Morgan fingerprint density at radius 3 is 2.43 bits per heavy atom. The van der Waals surface area contributed by atoms with Crippen molar-refractivity contribution in [1.29, 1.82) is 0 Å². The second-order valence-electron chi connectivity index (χ2n) is 4.42. The Labute approximate surface area is 122 Å². The van der Waals surface area contributed by atoms with Crippen LogP contribution in [0.4, 0.5) is 4.79 Å². The van der Waals surface area contributed by atoms with Crippen molar-refractivity contribution in [1.82, 2.24) is 5.32 Å². The van der Waals surface area contributed by atoms with Crippen molar-refractivity contribution in [2.24, 2.45) is 0 Å². The first-order valence-electron chi connectivity index (χ1n) is 6.42. The van der Waals surface area contributed by atoms with E-state index in [1.54, 1.807) is 12.1 Å². The number of carbonyl (C=O) groups excluding carboxylic acids is 1. The molecule has 0 aliphatic heterocycles. The number of hydrogen-bond acceptors (Lipinski definition) is 3. The van der Waals surface area contributed by atoms with Crippen molar-refractivity contribution in [3.8, 4) is 0 Å². The van der Waals surface area contributed by atoms with Crippen molar-refractivity contribution in [3.05, 3.63) is 71.3 Å². The molecule has 0 spiro atoms. The van der Waals surface area contributed by atoms with E-state index in [2.05, 4.69) is 5.32 Å². The monoisotopic (exact) mass is 285 g/mol. The van der Waals surface area contributed by atoms with E-state index in [1.807, 2.05) is 30.3 Å². The Hall–Kier alpha value is -2.82. The molecular formula is C16H15NO4. The molecule has 0 atom stereocenters. The summed E-state index contributed by atoms with van der Waals surface area (Å²) in [6.45, 7) is 0.413. The molecule has 2 aromatic carbocycles. The highest BCUT2D eigenvalue weighted by Gasteiger charge is 2.05. The summed E-state index contributed by atoms with van der Waals surface area (Å²) in [5, 5.41) is 11.5. The number of nitrogens with one attached hydrogen (secondary N) is 1. The standard InChI is InChI=1S/C16H15NO4/c18-15(19)14-8-4-7-13(9-14)10-17-16(20)21-11-12-5-2-1-3-6-12/h1-9H,10-11H2,(H,17,20)(H,18,19). The summed E-state index contributed by atoms with van der Waals surface area (Å²) in [5.74, 6) is -0.997. The van der Waals surface area contributed by atoms with Crippen molar-refractivity contribution in [3.63, 3.8) is 0 Å². The van der Waals surface area contributed by atoms with Crippen LogP contribution in [-0.2, 0) is 17.9 Å². The molecule has 0 fully saturated rings. The summed E-state index contributed by atoms with van der Waals surface area (Å²) < 4.78 is 5.06. The molecule has 1 amide bonds. The number of benzene rings is 2. The fourth-order valence-electron chi connectivity index (χ4n) is 1.76. The van der Waals surface area contributed by atoms with Gasteiger partial charge in [0.05, 0.1) is 5.56 Å². The fourth-order valence-corrected chi connectivity index (χ4v) is 1.76. The van der Waals surface area contributed by atoms with Crippen LogP contribution in [0, 0.1) is 0 Å². The maximum atomic E-state index is 11.6. The van der Waals surface area contributed by atoms with Gasteiger partial charge in [0.2, 0.25) is 0 Å². The molecule has 0 saturated heterocycles. The number of carboxylic acids is 1. The molecule has 5 heteroatoms. The van der Waals surface area contributed by atoms with Gasteiger partial charge >= 0.3 is 12.1 Å². The highest BCUT2D eigenvalue weighted by molar-refractivity contribution is 5.87. The van der Waals surface area contributed by atoms with Crippen LogP contribution < -0.4 is 5.32 Å². The van der Waals surface area contributed by atoms with Gasteiger partial charge in [0.25, 0.3) is 0 Å². The number of rotatable bonds is 5. The number of ether oxygens (including phenoxy) is 1. The third-order valence-corrected chi connectivity index (χ3v) is 2.82. The van der Waals surface area contributed by atoms with Crippen molar-refractivity contribution in [2.75, 3.05) is 0 Å². The fraction of sp³-hybridized carbons (Fsp3) is 0.125. The Balaban J connectivity index is 1.81. The van der Waals surface area contributed by atoms with E-state index >= 15 is 0 Å². The van der Waals surface area contributed by atoms with Crippen LogP contribution in [0.25, 0.3) is 0 Å². The van der Waals surface area contributed by atoms with Gasteiger partial charge in [0.1, 0.15) is 6.61 Å². The first-order chi connectivity index (χ1) is 10.1. The first kappa shape index (κ1) is 14.6. The third kappa shape index (κ3) is 4.65. The highest BCUT2D eigenvalue weighted by atomic mass is 16.5. The van der Waals surface area contributed by atoms with E-state index in [0.717, 1.165) is 5.56 Å². The van der Waals surface area contributed by atoms with Crippen molar-refractivity contribution < 1.29 is 19.4 Å². The predicted molar refractivity (Wildman–Crippen MR) is 76.9 cm³/mol. The summed E-state index contributed by atoms with van der Waals surface area (Å²) in [7, 11) is 0. The number of carbonyl (C=O) groups is 2. The molecule has 0 aromatic heterocycles.